The molecule has 0 aromatic carbocycles. The van der Waals surface area contributed by atoms with Crippen molar-refractivity contribution in [2.24, 2.45) is 44.5 Å². The minimum Gasteiger partial charge on any atom is -0.295 e. The first-order valence-electron chi connectivity index (χ1n) is 9.93. The molecule has 8 atom stereocenters. The first-order valence-corrected chi connectivity index (χ1v) is 9.93. The van der Waals surface area contributed by atoms with Gasteiger partial charge in [0.2, 0.25) is 0 Å². The van der Waals surface area contributed by atoms with Gasteiger partial charge in [0.25, 0.3) is 0 Å². The molecule has 2 heteroatoms. The van der Waals surface area contributed by atoms with E-state index < -0.39 is 0 Å². The van der Waals surface area contributed by atoms with Crippen molar-refractivity contribution in [2.75, 3.05) is 0 Å². The van der Waals surface area contributed by atoms with Crippen LogP contribution in [0.4, 0.5) is 0 Å². The maximum Gasteiger partial charge on any atom is 0.0720 e. The Morgan fingerprint density at radius 2 is 1.65 bits per heavy atom. The summed E-state index contributed by atoms with van der Waals surface area (Å²) in [5.41, 5.74) is 1.14. The Kier molecular flexibility index (Phi) is 3.74. The first-order chi connectivity index (χ1) is 11.0. The van der Waals surface area contributed by atoms with Crippen molar-refractivity contribution in [1.82, 2.24) is 0 Å². The van der Waals surface area contributed by atoms with Crippen molar-refractivity contribution >= 4 is 13.4 Å². The molecule has 128 valence electrons. The van der Waals surface area contributed by atoms with Crippen molar-refractivity contribution in [3.63, 3.8) is 0 Å². The van der Waals surface area contributed by atoms with E-state index in [1.54, 1.807) is 0 Å². The lowest BCUT2D eigenvalue weighted by molar-refractivity contribution is -0.108. The quantitative estimate of drug-likeness (QED) is 0.628. The van der Waals surface area contributed by atoms with E-state index in [9.17, 15) is 0 Å². The first kappa shape index (κ1) is 15.8. The van der Waals surface area contributed by atoms with Gasteiger partial charge in [0.1, 0.15) is 0 Å². The zero-order chi connectivity index (χ0) is 16.2. The van der Waals surface area contributed by atoms with E-state index in [2.05, 4.69) is 37.3 Å². The molecule has 4 saturated carbocycles. The van der Waals surface area contributed by atoms with Gasteiger partial charge in [-0.2, -0.15) is 0 Å². The van der Waals surface area contributed by atoms with Crippen LogP contribution in [0.15, 0.2) is 9.98 Å². The van der Waals surface area contributed by atoms with Gasteiger partial charge in [-0.05, 0) is 99.3 Å². The summed E-state index contributed by atoms with van der Waals surface area (Å²) >= 11 is 0. The van der Waals surface area contributed by atoms with Gasteiger partial charge in [0.05, 0.1) is 12.1 Å². The molecule has 4 rings (SSSR count). The number of aliphatic imine (C=N–C) groups is 2. The molecule has 0 aromatic heterocycles. The monoisotopic (exact) mass is 314 g/mol. The van der Waals surface area contributed by atoms with Crippen LogP contribution in [-0.2, 0) is 0 Å². The molecule has 0 heterocycles. The molecule has 0 aliphatic heterocycles. The second kappa shape index (κ2) is 5.43. The average molecular weight is 315 g/mol. The Morgan fingerprint density at radius 1 is 0.870 bits per heavy atom. The van der Waals surface area contributed by atoms with Crippen molar-refractivity contribution in [3.05, 3.63) is 0 Å². The number of nitrogens with zero attached hydrogens (tertiary/aromatic N) is 2. The zero-order valence-corrected chi connectivity index (χ0v) is 15.1. The van der Waals surface area contributed by atoms with Crippen molar-refractivity contribution in [2.45, 2.75) is 83.7 Å². The normalized spacial score (nSPS) is 55.4. The third kappa shape index (κ3) is 2.19. The number of hydrogen-bond donors (Lipinski definition) is 0. The Labute approximate surface area is 142 Å². The molecule has 23 heavy (non-hydrogen) atoms. The molecule has 4 aliphatic carbocycles. The van der Waals surface area contributed by atoms with E-state index in [-0.39, 0.29) is 0 Å². The van der Waals surface area contributed by atoms with E-state index in [1.807, 2.05) is 0 Å². The van der Waals surface area contributed by atoms with E-state index in [4.69, 9.17) is 0 Å². The van der Waals surface area contributed by atoms with Gasteiger partial charge >= 0.3 is 0 Å². The third-order valence-corrected chi connectivity index (χ3v) is 8.93. The van der Waals surface area contributed by atoms with Crippen LogP contribution in [0.5, 0.6) is 0 Å². The summed E-state index contributed by atoms with van der Waals surface area (Å²) in [5, 5.41) is 0. The Hall–Kier alpha value is -0.660. The summed E-state index contributed by atoms with van der Waals surface area (Å²) in [5.74, 6) is 3.75. The smallest absolute Gasteiger partial charge is 0.0720 e. The van der Waals surface area contributed by atoms with Crippen LogP contribution in [0.25, 0.3) is 0 Å². The predicted molar refractivity (Wildman–Crippen MR) is 98.4 cm³/mol. The molecule has 0 N–H and O–H groups in total. The van der Waals surface area contributed by atoms with Gasteiger partial charge in [-0.3, -0.25) is 9.98 Å². The molecule has 0 saturated heterocycles. The molecule has 0 bridgehead atoms. The predicted octanol–water partition coefficient (Wildman–Crippen LogP) is 5.17. The minimum absolute atomic E-state index is 0.310. The fourth-order valence-corrected chi connectivity index (χ4v) is 7.65. The zero-order valence-electron chi connectivity index (χ0n) is 15.1. The van der Waals surface area contributed by atoms with Gasteiger partial charge in [0, 0.05) is 0 Å². The Balaban J connectivity index is 1.63. The SMILES string of the molecule is C=NC1C[C@@H]2CC[C@H]3[C@@H]4CCC[C@@]4(C)CC[C@@H]3[C@@]2(C)CC1N=C. The minimum atomic E-state index is 0.310. The van der Waals surface area contributed by atoms with Crippen LogP contribution in [0.2, 0.25) is 0 Å². The van der Waals surface area contributed by atoms with Gasteiger partial charge in [-0.1, -0.05) is 20.3 Å². The van der Waals surface area contributed by atoms with Crippen LogP contribution >= 0.6 is 0 Å². The highest BCUT2D eigenvalue weighted by Gasteiger charge is 2.59. The molecule has 4 aliphatic rings. The standard InChI is InChI=1S/C21H34N2/c1-20-10-5-6-16(20)15-8-7-14-12-18(22-3)19(23-4)13-21(14,2)17(15)9-11-20/h14-19H,3-13H2,1-2H3/t14-,15-,16-,17-,18?,19?,20-,21-/m0/s1. The molecular formula is C21H34N2. The maximum absolute atomic E-state index is 4.47. The van der Waals surface area contributed by atoms with Crippen LogP contribution in [0, 0.1) is 34.5 Å². The van der Waals surface area contributed by atoms with Gasteiger partial charge < -0.3 is 0 Å². The summed E-state index contributed by atoms with van der Waals surface area (Å²) in [6, 6.07) is 0.631. The number of fused-ring (bicyclic) bond motifs is 5. The van der Waals surface area contributed by atoms with Crippen LogP contribution in [0.3, 0.4) is 0 Å². The number of hydrogen-bond acceptors (Lipinski definition) is 2. The highest BCUT2D eigenvalue weighted by atomic mass is 14.9. The lowest BCUT2D eigenvalue weighted by Crippen LogP contribution is -2.55. The second-order valence-corrected chi connectivity index (χ2v) is 9.68. The fourth-order valence-electron chi connectivity index (χ4n) is 7.65. The molecule has 0 amide bonds. The van der Waals surface area contributed by atoms with Gasteiger partial charge in [-0.25, -0.2) is 0 Å². The van der Waals surface area contributed by atoms with Crippen molar-refractivity contribution < 1.29 is 0 Å². The number of rotatable bonds is 2. The van der Waals surface area contributed by atoms with Crippen LogP contribution in [0.1, 0.15) is 71.6 Å². The molecule has 0 aromatic rings. The highest BCUT2D eigenvalue weighted by Crippen LogP contribution is 2.66. The summed E-state index contributed by atoms with van der Waals surface area (Å²) < 4.78 is 0. The average Bonchev–Trinajstić information content (AvgIpc) is 2.95. The Morgan fingerprint density at radius 3 is 2.39 bits per heavy atom. The summed E-state index contributed by atoms with van der Waals surface area (Å²) in [4.78, 5) is 8.88. The topological polar surface area (TPSA) is 24.7 Å². The molecular weight excluding hydrogens is 280 g/mol. The lowest BCUT2D eigenvalue weighted by atomic mass is 9.44. The molecule has 0 radical (unpaired) electrons. The van der Waals surface area contributed by atoms with Gasteiger partial charge in [-0.15, -0.1) is 0 Å². The van der Waals surface area contributed by atoms with Crippen molar-refractivity contribution in [1.29, 1.82) is 0 Å². The lowest BCUT2D eigenvalue weighted by Gasteiger charge is -2.61. The largest absolute Gasteiger partial charge is 0.295 e. The van der Waals surface area contributed by atoms with E-state index >= 15 is 0 Å². The van der Waals surface area contributed by atoms with E-state index in [0.29, 0.717) is 22.9 Å². The summed E-state index contributed by atoms with van der Waals surface area (Å²) in [7, 11) is 0. The molecule has 4 fully saturated rings. The molecule has 0 spiro atoms. The van der Waals surface area contributed by atoms with Crippen LogP contribution in [-0.4, -0.2) is 25.5 Å². The summed E-state index contributed by atoms with van der Waals surface area (Å²) in [6.45, 7) is 12.9. The maximum atomic E-state index is 4.47. The molecule has 2 unspecified atom stereocenters. The summed E-state index contributed by atoms with van der Waals surface area (Å²) in [6.07, 6.45) is 12.7. The fraction of sp³-hybridized carbons (Fsp3) is 0.905. The van der Waals surface area contributed by atoms with Crippen LogP contribution < -0.4 is 0 Å². The van der Waals surface area contributed by atoms with E-state index in [1.165, 1.54) is 57.8 Å². The second-order valence-electron chi connectivity index (χ2n) is 9.68. The Bertz CT molecular complexity index is 500. The third-order valence-electron chi connectivity index (χ3n) is 8.93. The van der Waals surface area contributed by atoms with Gasteiger partial charge in [0.15, 0.2) is 0 Å². The highest BCUT2D eigenvalue weighted by molar-refractivity contribution is 5.28. The van der Waals surface area contributed by atoms with E-state index in [0.717, 1.165) is 23.7 Å². The van der Waals surface area contributed by atoms with Crippen molar-refractivity contribution in [3.8, 4) is 0 Å². The molecule has 2 nitrogen and oxygen atoms in total.